The molecular formula is C19H25N3O4S. The molecule has 146 valence electrons. The largest absolute Gasteiger partial charge is 0.390 e. The first-order chi connectivity index (χ1) is 12.9. The number of aliphatic hydroxyl groups excluding tert-OH is 2. The second kappa shape index (κ2) is 7.43. The van der Waals surface area contributed by atoms with E-state index >= 15 is 0 Å². The lowest BCUT2D eigenvalue weighted by Gasteiger charge is -2.46. The molecule has 1 aromatic carbocycles. The van der Waals surface area contributed by atoms with Gasteiger partial charge in [-0.2, -0.15) is 0 Å². The van der Waals surface area contributed by atoms with Crippen LogP contribution in [0.5, 0.6) is 0 Å². The van der Waals surface area contributed by atoms with E-state index in [4.69, 9.17) is 4.74 Å². The molecule has 27 heavy (non-hydrogen) atoms. The van der Waals surface area contributed by atoms with Gasteiger partial charge in [0.1, 0.15) is 6.10 Å². The first kappa shape index (κ1) is 18.7. The number of thioether (sulfide) groups is 1. The van der Waals surface area contributed by atoms with Crippen LogP contribution in [0.1, 0.15) is 24.8 Å². The highest BCUT2D eigenvalue weighted by Gasteiger charge is 2.43. The number of carbonyl (C=O) groups is 1. The third-order valence-electron chi connectivity index (χ3n) is 5.56. The van der Waals surface area contributed by atoms with Gasteiger partial charge in [0.05, 0.1) is 35.1 Å². The average molecular weight is 391 g/mol. The van der Waals surface area contributed by atoms with E-state index in [1.54, 1.807) is 0 Å². The van der Waals surface area contributed by atoms with Gasteiger partial charge in [-0.1, -0.05) is 17.8 Å². The fourth-order valence-corrected chi connectivity index (χ4v) is 4.64. The van der Waals surface area contributed by atoms with Crippen molar-refractivity contribution in [1.82, 2.24) is 14.9 Å². The van der Waals surface area contributed by atoms with Gasteiger partial charge in [-0.05, 0) is 37.5 Å². The number of likely N-dealkylation sites (tertiary alicyclic amines) is 1. The molecule has 4 rings (SSSR count). The number of hydrogen-bond acceptors (Lipinski definition) is 6. The summed E-state index contributed by atoms with van der Waals surface area (Å²) in [6.45, 7) is 3.43. The number of aryl methyl sites for hydroxylation is 1. The maximum Gasteiger partial charge on any atom is 0.233 e. The molecule has 3 N–H and O–H groups in total. The van der Waals surface area contributed by atoms with Crippen LogP contribution in [0.3, 0.4) is 0 Å². The maximum absolute atomic E-state index is 12.6. The predicted octanol–water partition coefficient (Wildman–Crippen LogP) is 1.47. The fourth-order valence-electron chi connectivity index (χ4n) is 3.85. The molecule has 8 heteroatoms. The van der Waals surface area contributed by atoms with Crippen LogP contribution in [0.2, 0.25) is 0 Å². The molecule has 0 radical (unpaired) electrons. The number of ether oxygens (including phenoxy) is 1. The number of hydrogen-bond donors (Lipinski definition) is 3. The molecule has 2 fully saturated rings. The second-order valence-corrected chi connectivity index (χ2v) is 8.53. The number of aliphatic hydroxyl groups is 2. The Balaban J connectivity index is 1.30. The Hall–Kier alpha value is -1.61. The SMILES string of the molecule is Cc1ccc2nc(SCC(=O)N3CCC4(CC3)C[C@@H](O)[C@@H](O)CO4)[nH]c2c1. The quantitative estimate of drug-likeness (QED) is 0.686. The topological polar surface area (TPSA) is 98.7 Å². The van der Waals surface area contributed by atoms with Crippen LogP contribution in [-0.4, -0.2) is 74.2 Å². The lowest BCUT2D eigenvalue weighted by Crippen LogP contribution is -2.55. The number of piperidine rings is 1. The highest BCUT2D eigenvalue weighted by Crippen LogP contribution is 2.35. The fraction of sp³-hybridized carbons (Fsp3) is 0.579. The number of imidazole rings is 1. The Morgan fingerprint density at radius 3 is 2.89 bits per heavy atom. The number of aromatic nitrogens is 2. The van der Waals surface area contributed by atoms with Gasteiger partial charge in [0, 0.05) is 19.5 Å². The van der Waals surface area contributed by atoms with Gasteiger partial charge in [0.15, 0.2) is 5.16 Å². The Bertz CT molecular complexity index is 831. The zero-order valence-corrected chi connectivity index (χ0v) is 16.2. The van der Waals surface area contributed by atoms with Crippen LogP contribution in [0, 0.1) is 6.92 Å². The van der Waals surface area contributed by atoms with E-state index in [-0.39, 0.29) is 12.5 Å². The van der Waals surface area contributed by atoms with E-state index in [2.05, 4.69) is 9.97 Å². The van der Waals surface area contributed by atoms with Gasteiger partial charge in [0.25, 0.3) is 0 Å². The van der Waals surface area contributed by atoms with E-state index in [0.717, 1.165) is 16.2 Å². The van der Waals surface area contributed by atoms with Gasteiger partial charge < -0.3 is 24.8 Å². The third-order valence-corrected chi connectivity index (χ3v) is 6.42. The molecule has 0 aliphatic carbocycles. The molecule has 1 aromatic heterocycles. The van der Waals surface area contributed by atoms with E-state index in [1.165, 1.54) is 17.3 Å². The molecule has 3 heterocycles. The van der Waals surface area contributed by atoms with Gasteiger partial charge in [-0.3, -0.25) is 4.79 Å². The summed E-state index contributed by atoms with van der Waals surface area (Å²) >= 11 is 1.42. The van der Waals surface area contributed by atoms with Crippen molar-refractivity contribution in [3.8, 4) is 0 Å². The molecule has 2 aliphatic rings. The van der Waals surface area contributed by atoms with Gasteiger partial charge >= 0.3 is 0 Å². The summed E-state index contributed by atoms with van der Waals surface area (Å²) in [7, 11) is 0. The third kappa shape index (κ3) is 3.99. The van der Waals surface area contributed by atoms with Crippen LogP contribution in [0.25, 0.3) is 11.0 Å². The number of H-pyrrole nitrogens is 1. The summed E-state index contributed by atoms with van der Waals surface area (Å²) in [6.07, 6.45) is 0.268. The average Bonchev–Trinajstić information content (AvgIpc) is 3.06. The molecule has 0 saturated carbocycles. The predicted molar refractivity (Wildman–Crippen MR) is 103 cm³/mol. The molecule has 7 nitrogen and oxygen atoms in total. The molecule has 1 spiro atoms. The normalized spacial score (nSPS) is 25.2. The molecule has 2 aliphatic heterocycles. The molecule has 0 bridgehead atoms. The number of aromatic amines is 1. The van der Waals surface area contributed by atoms with Gasteiger partial charge in [-0.25, -0.2) is 4.98 Å². The summed E-state index contributed by atoms with van der Waals surface area (Å²) in [5.74, 6) is 0.427. The minimum Gasteiger partial charge on any atom is -0.390 e. The van der Waals surface area contributed by atoms with Crippen molar-refractivity contribution in [2.24, 2.45) is 0 Å². The van der Waals surface area contributed by atoms with Crippen molar-refractivity contribution in [2.45, 2.75) is 49.2 Å². The van der Waals surface area contributed by atoms with E-state index in [0.29, 0.717) is 38.1 Å². The number of benzene rings is 1. The summed E-state index contributed by atoms with van der Waals surface area (Å²) in [5.41, 5.74) is 2.66. The van der Waals surface area contributed by atoms with Crippen molar-refractivity contribution in [3.63, 3.8) is 0 Å². The minimum absolute atomic E-state index is 0.0860. The smallest absolute Gasteiger partial charge is 0.233 e. The van der Waals surface area contributed by atoms with Crippen LogP contribution < -0.4 is 0 Å². The second-order valence-electron chi connectivity index (χ2n) is 7.56. The van der Waals surface area contributed by atoms with Crippen molar-refractivity contribution in [2.75, 3.05) is 25.4 Å². The summed E-state index contributed by atoms with van der Waals surface area (Å²) in [6, 6.07) is 6.05. The van der Waals surface area contributed by atoms with Crippen molar-refractivity contribution in [1.29, 1.82) is 0 Å². The molecule has 2 atom stereocenters. The molecule has 0 unspecified atom stereocenters. The molecule has 2 aromatic rings. The van der Waals surface area contributed by atoms with Crippen LogP contribution in [-0.2, 0) is 9.53 Å². The summed E-state index contributed by atoms with van der Waals surface area (Å²) in [4.78, 5) is 22.2. The van der Waals surface area contributed by atoms with Crippen LogP contribution in [0.15, 0.2) is 23.4 Å². The number of nitrogens with one attached hydrogen (secondary N) is 1. The maximum atomic E-state index is 12.6. The standard InChI is InChI=1S/C19H25N3O4S/c1-12-2-3-13-14(8-12)21-18(20-13)27-11-17(25)22-6-4-19(5-7-22)9-15(23)16(24)10-26-19/h2-3,8,15-16,23-24H,4-7,9-11H2,1H3,(H,20,21)/t15-,16+/m1/s1. The van der Waals surface area contributed by atoms with Gasteiger partial charge in [-0.15, -0.1) is 0 Å². The Kier molecular flexibility index (Phi) is 5.15. The summed E-state index contributed by atoms with van der Waals surface area (Å²) in [5, 5.41) is 20.3. The number of amides is 1. The van der Waals surface area contributed by atoms with E-state index < -0.39 is 17.8 Å². The lowest BCUT2D eigenvalue weighted by molar-refractivity contribution is -0.188. The first-order valence-corrected chi connectivity index (χ1v) is 10.3. The summed E-state index contributed by atoms with van der Waals surface area (Å²) < 4.78 is 5.82. The monoisotopic (exact) mass is 391 g/mol. The molecule has 2 saturated heterocycles. The minimum atomic E-state index is -0.806. The number of nitrogens with zero attached hydrogens (tertiary/aromatic N) is 2. The van der Waals surface area contributed by atoms with Crippen molar-refractivity contribution in [3.05, 3.63) is 23.8 Å². The molecule has 1 amide bonds. The van der Waals surface area contributed by atoms with Crippen LogP contribution in [0.4, 0.5) is 0 Å². The zero-order chi connectivity index (χ0) is 19.0. The van der Waals surface area contributed by atoms with Crippen molar-refractivity contribution < 1.29 is 19.7 Å². The Morgan fingerprint density at radius 1 is 1.37 bits per heavy atom. The molecular weight excluding hydrogens is 366 g/mol. The highest BCUT2D eigenvalue weighted by molar-refractivity contribution is 7.99. The number of rotatable bonds is 3. The van der Waals surface area contributed by atoms with Crippen LogP contribution >= 0.6 is 11.8 Å². The number of fused-ring (bicyclic) bond motifs is 1. The van der Waals surface area contributed by atoms with E-state index in [1.807, 2.05) is 30.0 Å². The lowest BCUT2D eigenvalue weighted by atomic mass is 9.82. The first-order valence-electron chi connectivity index (χ1n) is 9.31. The van der Waals surface area contributed by atoms with Gasteiger partial charge in [0.2, 0.25) is 5.91 Å². The Morgan fingerprint density at radius 2 is 2.15 bits per heavy atom. The van der Waals surface area contributed by atoms with E-state index in [9.17, 15) is 15.0 Å². The highest BCUT2D eigenvalue weighted by atomic mass is 32.2. The zero-order valence-electron chi connectivity index (χ0n) is 15.4. The van der Waals surface area contributed by atoms with Crippen molar-refractivity contribution >= 4 is 28.7 Å². The Labute approximate surface area is 162 Å². The number of carbonyl (C=O) groups excluding carboxylic acids is 1.